The van der Waals surface area contributed by atoms with Crippen molar-refractivity contribution in [2.24, 2.45) is 5.10 Å². The van der Waals surface area contributed by atoms with Crippen molar-refractivity contribution in [2.45, 2.75) is 13.5 Å². The molecule has 35 heavy (non-hydrogen) atoms. The molecule has 0 spiro atoms. The second-order valence-electron chi connectivity index (χ2n) is 8.05. The van der Waals surface area contributed by atoms with Gasteiger partial charge in [-0.2, -0.15) is 5.10 Å². The Balaban J connectivity index is 1.20. The SMILES string of the molecule is CC(=NNC(=O)c1ccc(COc2ccccc2-c2ccccc2)cc1)c1ccc2c(c1)OCO2. The van der Waals surface area contributed by atoms with E-state index < -0.39 is 0 Å². The number of ether oxygens (including phenoxy) is 3. The molecule has 0 radical (unpaired) electrons. The number of nitrogens with zero attached hydrogens (tertiary/aromatic N) is 1. The van der Waals surface area contributed by atoms with Crippen LogP contribution in [0.2, 0.25) is 0 Å². The molecule has 0 saturated carbocycles. The molecule has 1 aliphatic rings. The fraction of sp³-hybridized carbons (Fsp3) is 0.103. The summed E-state index contributed by atoms with van der Waals surface area (Å²) in [6.07, 6.45) is 0. The highest BCUT2D eigenvalue weighted by molar-refractivity contribution is 6.01. The standard InChI is InChI=1S/C29H24N2O4/c1-20(24-15-16-27-28(17-24)35-19-34-27)30-31-29(32)23-13-11-21(12-14-23)18-33-26-10-6-5-9-25(26)22-7-3-2-4-8-22/h2-17H,18-19H2,1H3,(H,31,32). The van der Waals surface area contributed by atoms with Gasteiger partial charge in [0.05, 0.1) is 5.71 Å². The Kier molecular flexibility index (Phi) is 6.44. The molecule has 1 N–H and O–H groups in total. The number of nitrogens with one attached hydrogen (secondary N) is 1. The number of carbonyl (C=O) groups is 1. The number of amides is 1. The van der Waals surface area contributed by atoms with Crippen molar-refractivity contribution in [3.63, 3.8) is 0 Å². The Morgan fingerprint density at radius 2 is 1.57 bits per heavy atom. The molecule has 0 bridgehead atoms. The van der Waals surface area contributed by atoms with Crippen LogP contribution in [0.3, 0.4) is 0 Å². The molecule has 5 rings (SSSR count). The van der Waals surface area contributed by atoms with Gasteiger partial charge in [-0.3, -0.25) is 4.79 Å². The van der Waals surface area contributed by atoms with Gasteiger partial charge in [0.1, 0.15) is 12.4 Å². The Morgan fingerprint density at radius 3 is 2.40 bits per heavy atom. The summed E-state index contributed by atoms with van der Waals surface area (Å²) in [5, 5.41) is 4.23. The summed E-state index contributed by atoms with van der Waals surface area (Å²) in [5.74, 6) is 1.91. The normalized spacial score (nSPS) is 12.3. The summed E-state index contributed by atoms with van der Waals surface area (Å²) < 4.78 is 16.8. The van der Waals surface area contributed by atoms with Crippen LogP contribution in [0, 0.1) is 0 Å². The summed E-state index contributed by atoms with van der Waals surface area (Å²) in [7, 11) is 0. The average Bonchev–Trinajstić information content (AvgIpc) is 3.39. The van der Waals surface area contributed by atoms with Gasteiger partial charge in [-0.1, -0.05) is 60.7 Å². The second-order valence-corrected chi connectivity index (χ2v) is 8.05. The van der Waals surface area contributed by atoms with Crippen LogP contribution in [0.15, 0.2) is 102 Å². The minimum absolute atomic E-state index is 0.215. The number of fused-ring (bicyclic) bond motifs is 1. The molecule has 0 fully saturated rings. The van der Waals surface area contributed by atoms with Crippen LogP contribution >= 0.6 is 0 Å². The lowest BCUT2D eigenvalue weighted by Gasteiger charge is -2.12. The van der Waals surface area contributed by atoms with Gasteiger partial charge in [-0.15, -0.1) is 0 Å². The smallest absolute Gasteiger partial charge is 0.271 e. The lowest BCUT2D eigenvalue weighted by Crippen LogP contribution is -2.19. The van der Waals surface area contributed by atoms with E-state index in [1.165, 1.54) is 0 Å². The van der Waals surface area contributed by atoms with E-state index in [1.54, 1.807) is 12.1 Å². The van der Waals surface area contributed by atoms with Crippen molar-refractivity contribution in [1.82, 2.24) is 5.43 Å². The average molecular weight is 465 g/mol. The topological polar surface area (TPSA) is 69.2 Å². The maximum Gasteiger partial charge on any atom is 0.271 e. The van der Waals surface area contributed by atoms with Gasteiger partial charge in [0.2, 0.25) is 6.79 Å². The Hall–Kier alpha value is -4.58. The third-order valence-corrected chi connectivity index (χ3v) is 5.70. The quantitative estimate of drug-likeness (QED) is 0.277. The van der Waals surface area contributed by atoms with Crippen molar-refractivity contribution in [3.05, 3.63) is 114 Å². The van der Waals surface area contributed by atoms with Crippen LogP contribution in [-0.2, 0) is 6.61 Å². The first kappa shape index (κ1) is 22.2. The minimum atomic E-state index is -0.285. The molecule has 1 heterocycles. The number of carbonyl (C=O) groups excluding carboxylic acids is 1. The van der Waals surface area contributed by atoms with Crippen LogP contribution in [-0.4, -0.2) is 18.4 Å². The van der Waals surface area contributed by atoms with E-state index in [4.69, 9.17) is 14.2 Å². The lowest BCUT2D eigenvalue weighted by molar-refractivity contribution is 0.0954. The molecule has 0 saturated heterocycles. The number of rotatable bonds is 7. The first-order chi connectivity index (χ1) is 17.2. The first-order valence-electron chi connectivity index (χ1n) is 11.3. The van der Waals surface area contributed by atoms with Gasteiger partial charge in [-0.25, -0.2) is 5.43 Å². The maximum atomic E-state index is 12.6. The van der Waals surface area contributed by atoms with Gasteiger partial charge in [0, 0.05) is 16.7 Å². The summed E-state index contributed by atoms with van der Waals surface area (Å²) >= 11 is 0. The summed E-state index contributed by atoms with van der Waals surface area (Å²) in [5.41, 5.74) is 7.75. The fourth-order valence-corrected chi connectivity index (χ4v) is 3.75. The molecule has 4 aromatic rings. The van der Waals surface area contributed by atoms with Gasteiger partial charge in [-0.05, 0) is 54.4 Å². The predicted octanol–water partition coefficient (Wildman–Crippen LogP) is 5.82. The number of hydrogen-bond donors (Lipinski definition) is 1. The zero-order valence-corrected chi connectivity index (χ0v) is 19.2. The highest BCUT2D eigenvalue weighted by Gasteiger charge is 2.14. The Bertz CT molecular complexity index is 1370. The van der Waals surface area contributed by atoms with E-state index >= 15 is 0 Å². The molecule has 1 amide bonds. The number of hydrogen-bond acceptors (Lipinski definition) is 5. The second kappa shape index (κ2) is 10.1. The molecule has 174 valence electrons. The van der Waals surface area contributed by atoms with E-state index in [0.29, 0.717) is 29.4 Å². The third-order valence-electron chi connectivity index (χ3n) is 5.70. The van der Waals surface area contributed by atoms with Crippen LogP contribution in [0.1, 0.15) is 28.4 Å². The first-order valence-corrected chi connectivity index (χ1v) is 11.3. The molecule has 0 aromatic heterocycles. The van der Waals surface area contributed by atoms with E-state index in [-0.39, 0.29) is 12.7 Å². The molecule has 4 aromatic carbocycles. The fourth-order valence-electron chi connectivity index (χ4n) is 3.75. The molecule has 1 aliphatic heterocycles. The highest BCUT2D eigenvalue weighted by atomic mass is 16.7. The van der Waals surface area contributed by atoms with Crippen molar-refractivity contribution in [3.8, 4) is 28.4 Å². The van der Waals surface area contributed by atoms with Crippen molar-refractivity contribution >= 4 is 11.6 Å². The number of benzene rings is 4. The van der Waals surface area contributed by atoms with Crippen LogP contribution < -0.4 is 19.6 Å². The van der Waals surface area contributed by atoms with Crippen LogP contribution in [0.25, 0.3) is 11.1 Å². The van der Waals surface area contributed by atoms with Crippen molar-refractivity contribution < 1.29 is 19.0 Å². The number of hydrazone groups is 1. The molecular formula is C29H24N2O4. The predicted molar refractivity (Wildman–Crippen MR) is 135 cm³/mol. The van der Waals surface area contributed by atoms with Gasteiger partial charge in [0.15, 0.2) is 11.5 Å². The monoisotopic (exact) mass is 464 g/mol. The van der Waals surface area contributed by atoms with Gasteiger partial charge in [0.25, 0.3) is 5.91 Å². The molecule has 0 unspecified atom stereocenters. The Labute approximate surface area is 203 Å². The zero-order chi connectivity index (χ0) is 24.0. The zero-order valence-electron chi connectivity index (χ0n) is 19.2. The van der Waals surface area contributed by atoms with E-state index in [9.17, 15) is 4.79 Å². The highest BCUT2D eigenvalue weighted by Crippen LogP contribution is 2.33. The molecule has 0 atom stereocenters. The largest absolute Gasteiger partial charge is 0.488 e. The van der Waals surface area contributed by atoms with E-state index in [0.717, 1.165) is 28.0 Å². The summed E-state index contributed by atoms with van der Waals surface area (Å²) in [4.78, 5) is 12.6. The molecule has 6 nitrogen and oxygen atoms in total. The van der Waals surface area contributed by atoms with Crippen LogP contribution in [0.4, 0.5) is 0 Å². The minimum Gasteiger partial charge on any atom is -0.488 e. The maximum absolute atomic E-state index is 12.6. The third kappa shape index (κ3) is 5.17. The molecule has 0 aliphatic carbocycles. The van der Waals surface area contributed by atoms with E-state index in [1.807, 2.05) is 79.7 Å². The summed E-state index contributed by atoms with van der Waals surface area (Å²) in [6.45, 7) is 2.44. The van der Waals surface area contributed by atoms with Gasteiger partial charge < -0.3 is 14.2 Å². The summed E-state index contributed by atoms with van der Waals surface area (Å²) in [6, 6.07) is 31.0. The Morgan fingerprint density at radius 1 is 0.857 bits per heavy atom. The lowest BCUT2D eigenvalue weighted by atomic mass is 10.0. The molecular weight excluding hydrogens is 440 g/mol. The van der Waals surface area contributed by atoms with Crippen molar-refractivity contribution in [1.29, 1.82) is 0 Å². The van der Waals surface area contributed by atoms with Crippen LogP contribution in [0.5, 0.6) is 17.2 Å². The van der Waals surface area contributed by atoms with E-state index in [2.05, 4.69) is 22.7 Å². The van der Waals surface area contributed by atoms with Gasteiger partial charge >= 0.3 is 0 Å². The molecule has 6 heteroatoms. The van der Waals surface area contributed by atoms with Crippen molar-refractivity contribution in [2.75, 3.05) is 6.79 Å². The number of para-hydroxylation sites is 1.